The lowest BCUT2D eigenvalue weighted by Gasteiger charge is -2.23. The summed E-state index contributed by atoms with van der Waals surface area (Å²) in [6, 6.07) is 16.8. The van der Waals surface area contributed by atoms with Crippen LogP contribution in [-0.2, 0) is 22.6 Å². The van der Waals surface area contributed by atoms with Gasteiger partial charge in [0.25, 0.3) is 5.91 Å². The number of carbonyl (C=O) groups excluding carboxylic acids is 2. The summed E-state index contributed by atoms with van der Waals surface area (Å²) in [4.78, 5) is 26.5. The van der Waals surface area contributed by atoms with Gasteiger partial charge in [0.2, 0.25) is 0 Å². The molecule has 0 saturated heterocycles. The molecule has 0 aliphatic carbocycles. The van der Waals surface area contributed by atoms with Gasteiger partial charge in [-0.15, -0.1) is 0 Å². The number of hydrogen-bond donors (Lipinski definition) is 1. The van der Waals surface area contributed by atoms with Gasteiger partial charge in [-0.05, 0) is 23.6 Å². The van der Waals surface area contributed by atoms with E-state index in [4.69, 9.17) is 4.74 Å². The molecule has 2 amide bonds. The number of fused-ring (bicyclic) bond motifs is 1. The second-order valence-corrected chi connectivity index (χ2v) is 6.09. The Morgan fingerprint density at radius 1 is 1.12 bits per heavy atom. The predicted molar refractivity (Wildman–Crippen MR) is 96.2 cm³/mol. The molecule has 1 heterocycles. The van der Waals surface area contributed by atoms with Crippen LogP contribution in [0, 0.1) is 0 Å². The normalized spacial score (nSPS) is 15.2. The lowest BCUT2D eigenvalue weighted by Crippen LogP contribution is -2.46. The van der Waals surface area contributed by atoms with Gasteiger partial charge in [-0.1, -0.05) is 55.5 Å². The molecule has 2 aromatic carbocycles. The summed E-state index contributed by atoms with van der Waals surface area (Å²) in [5, 5.41) is 3.20. The van der Waals surface area contributed by atoms with E-state index in [1.54, 1.807) is 0 Å². The molecule has 3 rings (SSSR count). The number of nitrogens with zero attached hydrogens (tertiary/aromatic N) is 1. The van der Waals surface area contributed by atoms with Gasteiger partial charge in [0.05, 0.1) is 0 Å². The molecule has 1 aliphatic rings. The highest BCUT2D eigenvalue weighted by Gasteiger charge is 2.33. The molecule has 130 valence electrons. The van der Waals surface area contributed by atoms with Crippen LogP contribution in [0.1, 0.15) is 24.5 Å². The maximum absolute atomic E-state index is 12.8. The summed E-state index contributed by atoms with van der Waals surface area (Å²) in [6.07, 6.45) is 0.681. The third-order valence-electron chi connectivity index (χ3n) is 4.21. The van der Waals surface area contributed by atoms with Crippen molar-refractivity contribution in [3.8, 4) is 0 Å². The molecule has 0 fully saturated rings. The number of amides is 2. The molecule has 1 aliphatic heterocycles. The van der Waals surface area contributed by atoms with Crippen LogP contribution in [0.5, 0.6) is 0 Å². The maximum atomic E-state index is 12.8. The third kappa shape index (κ3) is 3.99. The number of para-hydroxylation sites is 1. The van der Waals surface area contributed by atoms with Gasteiger partial charge in [-0.25, -0.2) is 9.69 Å². The Morgan fingerprint density at radius 3 is 2.56 bits per heavy atom. The summed E-state index contributed by atoms with van der Waals surface area (Å²) < 4.78 is 5.34. The maximum Gasteiger partial charge on any atom is 0.416 e. The van der Waals surface area contributed by atoms with Crippen molar-refractivity contribution in [1.82, 2.24) is 4.90 Å². The van der Waals surface area contributed by atoms with Gasteiger partial charge in [-0.2, -0.15) is 0 Å². The molecule has 0 radical (unpaired) electrons. The fraction of sp³-hybridized carbons (Fsp3) is 0.300. The van der Waals surface area contributed by atoms with Crippen LogP contribution in [-0.4, -0.2) is 29.5 Å². The van der Waals surface area contributed by atoms with Crippen molar-refractivity contribution in [1.29, 1.82) is 0 Å². The summed E-state index contributed by atoms with van der Waals surface area (Å²) in [5.74, 6) is -0.240. The zero-order valence-electron chi connectivity index (χ0n) is 14.3. The molecule has 0 saturated carbocycles. The number of nitrogens with one attached hydrogen (secondary N) is 1. The number of hydrogen-bond acceptors (Lipinski definition) is 4. The molecule has 0 unspecified atom stereocenters. The smallest absolute Gasteiger partial charge is 0.416 e. The SMILES string of the molecule is CCCN(C(=O)OCc1ccccc1)C(=O)[C@@H]1Cc2ccccc2N1. The van der Waals surface area contributed by atoms with Gasteiger partial charge in [0, 0.05) is 18.7 Å². The van der Waals surface area contributed by atoms with Crippen LogP contribution in [0.3, 0.4) is 0 Å². The number of ether oxygens (including phenoxy) is 1. The average molecular weight is 338 g/mol. The lowest BCUT2D eigenvalue weighted by molar-refractivity contribution is -0.130. The molecule has 1 atom stereocenters. The zero-order valence-corrected chi connectivity index (χ0v) is 14.3. The third-order valence-corrected chi connectivity index (χ3v) is 4.21. The van der Waals surface area contributed by atoms with Crippen LogP contribution in [0.25, 0.3) is 0 Å². The zero-order chi connectivity index (χ0) is 17.6. The van der Waals surface area contributed by atoms with Crippen molar-refractivity contribution in [3.05, 3.63) is 65.7 Å². The van der Waals surface area contributed by atoms with E-state index in [0.29, 0.717) is 19.4 Å². The van der Waals surface area contributed by atoms with Crippen molar-refractivity contribution in [2.24, 2.45) is 0 Å². The van der Waals surface area contributed by atoms with E-state index in [-0.39, 0.29) is 12.5 Å². The van der Waals surface area contributed by atoms with Crippen LogP contribution >= 0.6 is 0 Å². The van der Waals surface area contributed by atoms with Gasteiger partial charge >= 0.3 is 6.09 Å². The molecular formula is C20H22N2O3. The van der Waals surface area contributed by atoms with Gasteiger partial charge < -0.3 is 10.1 Å². The van der Waals surface area contributed by atoms with Crippen LogP contribution in [0.15, 0.2) is 54.6 Å². The Kier molecular flexibility index (Phi) is 5.33. The Balaban J connectivity index is 1.64. The molecule has 0 aromatic heterocycles. The second kappa shape index (κ2) is 7.83. The molecule has 1 N–H and O–H groups in total. The first-order valence-corrected chi connectivity index (χ1v) is 8.55. The first-order chi connectivity index (χ1) is 12.2. The highest BCUT2D eigenvalue weighted by atomic mass is 16.6. The van der Waals surface area contributed by atoms with E-state index in [2.05, 4.69) is 5.32 Å². The summed E-state index contributed by atoms with van der Waals surface area (Å²) in [5.41, 5.74) is 2.94. The molecule has 0 spiro atoms. The first kappa shape index (κ1) is 17.0. The molecule has 2 aromatic rings. The molecule has 0 bridgehead atoms. The van der Waals surface area contributed by atoms with E-state index < -0.39 is 12.1 Å². The monoisotopic (exact) mass is 338 g/mol. The number of benzene rings is 2. The Hall–Kier alpha value is -2.82. The van der Waals surface area contributed by atoms with E-state index in [0.717, 1.165) is 16.8 Å². The fourth-order valence-electron chi connectivity index (χ4n) is 2.95. The minimum atomic E-state index is -0.589. The standard InChI is InChI=1S/C20H22N2O3/c1-2-12-22(20(24)25-14-15-8-4-3-5-9-15)19(23)18-13-16-10-6-7-11-17(16)21-18/h3-11,18,21H,2,12-14H2,1H3/t18-/m0/s1. The minimum absolute atomic E-state index is 0.158. The van der Waals surface area contributed by atoms with Crippen molar-refractivity contribution in [2.75, 3.05) is 11.9 Å². The quantitative estimate of drug-likeness (QED) is 0.905. The Morgan fingerprint density at radius 2 is 1.84 bits per heavy atom. The van der Waals surface area contributed by atoms with Crippen LogP contribution in [0.2, 0.25) is 0 Å². The highest BCUT2D eigenvalue weighted by molar-refractivity contribution is 5.97. The van der Waals surface area contributed by atoms with Crippen molar-refractivity contribution in [2.45, 2.75) is 32.4 Å². The van der Waals surface area contributed by atoms with Gasteiger partial charge in [0.15, 0.2) is 0 Å². The Labute approximate surface area is 147 Å². The van der Waals surface area contributed by atoms with E-state index in [1.165, 1.54) is 4.90 Å². The number of anilines is 1. The van der Waals surface area contributed by atoms with Crippen molar-refractivity contribution >= 4 is 17.7 Å². The summed E-state index contributed by atoms with van der Waals surface area (Å²) in [6.45, 7) is 2.44. The average Bonchev–Trinajstić information content (AvgIpc) is 3.09. The summed E-state index contributed by atoms with van der Waals surface area (Å²) >= 11 is 0. The summed E-state index contributed by atoms with van der Waals surface area (Å²) in [7, 11) is 0. The van der Waals surface area contributed by atoms with Crippen molar-refractivity contribution in [3.63, 3.8) is 0 Å². The van der Waals surface area contributed by atoms with Crippen molar-refractivity contribution < 1.29 is 14.3 Å². The number of carbonyl (C=O) groups is 2. The number of imide groups is 1. The molecule has 25 heavy (non-hydrogen) atoms. The molecule has 5 nitrogen and oxygen atoms in total. The predicted octanol–water partition coefficient (Wildman–Crippen LogP) is 3.60. The fourth-order valence-corrected chi connectivity index (χ4v) is 2.95. The first-order valence-electron chi connectivity index (χ1n) is 8.55. The highest BCUT2D eigenvalue weighted by Crippen LogP contribution is 2.26. The van der Waals surface area contributed by atoms with E-state index >= 15 is 0 Å². The molecule has 5 heteroatoms. The number of rotatable bonds is 5. The Bertz CT molecular complexity index is 721. The lowest BCUT2D eigenvalue weighted by atomic mass is 10.1. The van der Waals surface area contributed by atoms with Gasteiger partial charge in [-0.3, -0.25) is 4.79 Å². The second-order valence-electron chi connectivity index (χ2n) is 6.09. The minimum Gasteiger partial charge on any atom is -0.444 e. The van der Waals surface area contributed by atoms with Crippen LogP contribution in [0.4, 0.5) is 10.5 Å². The largest absolute Gasteiger partial charge is 0.444 e. The van der Waals surface area contributed by atoms with Crippen LogP contribution < -0.4 is 5.32 Å². The van der Waals surface area contributed by atoms with E-state index in [9.17, 15) is 9.59 Å². The topological polar surface area (TPSA) is 58.6 Å². The van der Waals surface area contributed by atoms with Gasteiger partial charge in [0.1, 0.15) is 12.6 Å². The molecular weight excluding hydrogens is 316 g/mol. The van der Waals surface area contributed by atoms with E-state index in [1.807, 2.05) is 61.5 Å².